The van der Waals surface area contributed by atoms with Crippen molar-refractivity contribution in [2.24, 2.45) is 0 Å². The fourth-order valence-corrected chi connectivity index (χ4v) is 5.27. The summed E-state index contributed by atoms with van der Waals surface area (Å²) in [6.45, 7) is 5.68. The van der Waals surface area contributed by atoms with Crippen LogP contribution in [-0.2, 0) is 14.3 Å². The maximum atomic E-state index is 12.4. The van der Waals surface area contributed by atoms with Gasteiger partial charge in [0.1, 0.15) is 12.4 Å². The van der Waals surface area contributed by atoms with Crippen molar-refractivity contribution >= 4 is 29.5 Å². The first-order valence-electron chi connectivity index (χ1n) is 12.6. The quantitative estimate of drug-likeness (QED) is 0.281. The first kappa shape index (κ1) is 26.2. The molecule has 4 rings (SSSR count). The summed E-state index contributed by atoms with van der Waals surface area (Å²) < 4.78 is 16.4. The topological polar surface area (TPSA) is 51.2 Å². The van der Waals surface area contributed by atoms with Crippen molar-refractivity contribution in [3.8, 4) is 16.9 Å². The normalized spacial score (nSPS) is 15.2. The van der Waals surface area contributed by atoms with Crippen molar-refractivity contribution in [1.29, 1.82) is 0 Å². The number of thioether (sulfide) groups is 1. The molecule has 2 aliphatic heterocycles. The fraction of sp³-hybridized carbons (Fsp3) is 0.414. The van der Waals surface area contributed by atoms with Crippen molar-refractivity contribution in [1.82, 2.24) is 4.90 Å². The zero-order valence-corrected chi connectivity index (χ0v) is 22.3. The number of fused-ring (bicyclic) bond motifs is 1. The number of carbonyl (C=O) groups excluding carboxylic acids is 1. The Morgan fingerprint density at radius 3 is 2.58 bits per heavy atom. The number of benzene rings is 2. The first-order chi connectivity index (χ1) is 17.6. The molecule has 192 valence electrons. The minimum Gasteiger partial charge on any atom is -0.491 e. The molecule has 0 unspecified atom stereocenters. The highest BCUT2D eigenvalue weighted by Crippen LogP contribution is 2.35. The smallest absolute Gasteiger partial charge is 0.333 e. The second kappa shape index (κ2) is 12.9. The molecule has 2 aromatic rings. The van der Waals surface area contributed by atoms with Crippen LogP contribution in [0.3, 0.4) is 0 Å². The molecule has 0 saturated carbocycles. The lowest BCUT2D eigenvalue weighted by atomic mass is 10.00. The molecular formula is C29H36N2O4S. The lowest BCUT2D eigenvalue weighted by molar-refractivity contribution is -0.136. The number of hydrogen-bond donors (Lipinski definition) is 0. The molecule has 0 saturated heterocycles. The van der Waals surface area contributed by atoms with Crippen LogP contribution < -0.4 is 9.64 Å². The Hall–Kier alpha value is -2.90. The van der Waals surface area contributed by atoms with Gasteiger partial charge in [0.15, 0.2) is 0 Å². The summed E-state index contributed by atoms with van der Waals surface area (Å²) >= 11 is 1.87. The standard InChI is InChI=1S/C29H36N2O4S/c1-4-5-14-34-15-16-35-26-9-6-22(7-10-26)23-8-11-28-25(17-23)18-24(29(32)33-3)12-13-31(28)20-27-19-30(2)21-36-27/h6-11,17-19H,4-5,12-16,20-21H2,1-3H3. The Labute approximate surface area is 218 Å². The van der Waals surface area contributed by atoms with Gasteiger partial charge in [0.05, 0.1) is 26.1 Å². The average molecular weight is 509 g/mol. The molecule has 0 bridgehead atoms. The zero-order chi connectivity index (χ0) is 25.3. The van der Waals surface area contributed by atoms with Crippen LogP contribution in [0.5, 0.6) is 5.75 Å². The minimum atomic E-state index is -0.262. The zero-order valence-electron chi connectivity index (χ0n) is 21.5. The molecule has 7 heteroatoms. The number of methoxy groups -OCH3 is 1. The third kappa shape index (κ3) is 6.86. The largest absolute Gasteiger partial charge is 0.491 e. The molecule has 0 atom stereocenters. The summed E-state index contributed by atoms with van der Waals surface area (Å²) in [5.41, 5.74) is 5.07. The highest BCUT2D eigenvalue weighted by Gasteiger charge is 2.22. The van der Waals surface area contributed by atoms with Gasteiger partial charge in [-0.3, -0.25) is 0 Å². The summed E-state index contributed by atoms with van der Waals surface area (Å²) in [7, 11) is 3.54. The van der Waals surface area contributed by atoms with Crippen LogP contribution in [0.2, 0.25) is 0 Å². The van der Waals surface area contributed by atoms with Gasteiger partial charge in [-0.15, -0.1) is 11.8 Å². The van der Waals surface area contributed by atoms with Crippen LogP contribution in [0.4, 0.5) is 5.69 Å². The van der Waals surface area contributed by atoms with Crippen molar-refractivity contribution < 1.29 is 19.0 Å². The number of rotatable bonds is 11. The van der Waals surface area contributed by atoms with E-state index in [1.54, 1.807) is 0 Å². The van der Waals surface area contributed by atoms with Gasteiger partial charge in [0, 0.05) is 42.6 Å². The fourth-order valence-electron chi connectivity index (χ4n) is 4.32. The van der Waals surface area contributed by atoms with Crippen LogP contribution in [0.1, 0.15) is 31.7 Å². The van der Waals surface area contributed by atoms with E-state index in [0.717, 1.165) is 66.5 Å². The number of ether oxygens (including phenoxy) is 3. The van der Waals surface area contributed by atoms with E-state index in [9.17, 15) is 4.79 Å². The highest BCUT2D eigenvalue weighted by molar-refractivity contribution is 8.03. The molecule has 0 aromatic heterocycles. The van der Waals surface area contributed by atoms with E-state index >= 15 is 0 Å². The van der Waals surface area contributed by atoms with Crippen molar-refractivity contribution in [2.75, 3.05) is 57.8 Å². The number of nitrogens with zero attached hydrogens (tertiary/aromatic N) is 2. The second-order valence-corrected chi connectivity index (χ2v) is 10.1. The number of unbranched alkanes of at least 4 members (excludes halogenated alkanes) is 1. The molecular weight excluding hydrogens is 472 g/mol. The van der Waals surface area contributed by atoms with Crippen LogP contribution in [0.25, 0.3) is 17.2 Å². The number of hydrogen-bond acceptors (Lipinski definition) is 7. The van der Waals surface area contributed by atoms with Crippen molar-refractivity contribution in [3.63, 3.8) is 0 Å². The van der Waals surface area contributed by atoms with Crippen LogP contribution in [0.15, 0.2) is 59.1 Å². The van der Waals surface area contributed by atoms with Gasteiger partial charge < -0.3 is 24.0 Å². The van der Waals surface area contributed by atoms with Gasteiger partial charge in [0.2, 0.25) is 0 Å². The van der Waals surface area contributed by atoms with E-state index in [1.807, 2.05) is 30.0 Å². The molecule has 2 heterocycles. The third-order valence-corrected chi connectivity index (χ3v) is 7.43. The SMILES string of the molecule is CCCCOCCOc1ccc(-c2ccc3c(c2)C=C(C(=O)OC)CCN3CC2=CN(C)CS2)cc1. The van der Waals surface area contributed by atoms with Crippen LogP contribution in [-0.4, -0.2) is 63.8 Å². The molecule has 0 amide bonds. The molecule has 36 heavy (non-hydrogen) atoms. The number of esters is 1. The molecule has 2 aromatic carbocycles. The predicted octanol–water partition coefficient (Wildman–Crippen LogP) is 5.79. The molecule has 2 aliphatic rings. The van der Waals surface area contributed by atoms with Crippen LogP contribution in [0, 0.1) is 0 Å². The maximum absolute atomic E-state index is 12.4. The van der Waals surface area contributed by atoms with Crippen LogP contribution >= 0.6 is 11.8 Å². The van der Waals surface area contributed by atoms with E-state index < -0.39 is 0 Å². The Kier molecular flexibility index (Phi) is 9.36. The van der Waals surface area contributed by atoms with E-state index in [2.05, 4.69) is 60.3 Å². The molecule has 0 aliphatic carbocycles. The molecule has 6 nitrogen and oxygen atoms in total. The lowest BCUT2D eigenvalue weighted by Gasteiger charge is -2.25. The van der Waals surface area contributed by atoms with E-state index in [0.29, 0.717) is 25.2 Å². The third-order valence-electron chi connectivity index (χ3n) is 6.29. The molecule has 0 fully saturated rings. The Morgan fingerprint density at radius 1 is 1.06 bits per heavy atom. The number of carbonyl (C=O) groups is 1. The van der Waals surface area contributed by atoms with Gasteiger partial charge in [-0.2, -0.15) is 0 Å². The second-order valence-electron chi connectivity index (χ2n) is 9.07. The predicted molar refractivity (Wildman–Crippen MR) is 148 cm³/mol. The van der Waals surface area contributed by atoms with Crippen molar-refractivity contribution in [2.45, 2.75) is 26.2 Å². The van der Waals surface area contributed by atoms with Gasteiger partial charge >= 0.3 is 5.97 Å². The molecule has 0 N–H and O–H groups in total. The Balaban J connectivity index is 1.51. The molecule has 0 radical (unpaired) electrons. The van der Waals surface area contributed by atoms with Gasteiger partial charge in [-0.25, -0.2) is 4.79 Å². The van der Waals surface area contributed by atoms with Gasteiger partial charge in [-0.1, -0.05) is 31.5 Å². The summed E-state index contributed by atoms with van der Waals surface area (Å²) in [4.78, 5) is 18.3. The Bertz CT molecular complexity index is 1100. The van der Waals surface area contributed by atoms with E-state index in [4.69, 9.17) is 14.2 Å². The monoisotopic (exact) mass is 508 g/mol. The lowest BCUT2D eigenvalue weighted by Crippen LogP contribution is -2.26. The maximum Gasteiger partial charge on any atom is 0.333 e. The van der Waals surface area contributed by atoms with E-state index in [-0.39, 0.29) is 5.97 Å². The van der Waals surface area contributed by atoms with Crippen molar-refractivity contribution in [3.05, 3.63) is 64.7 Å². The van der Waals surface area contributed by atoms with E-state index in [1.165, 1.54) is 12.0 Å². The average Bonchev–Trinajstić information content (AvgIpc) is 3.22. The number of anilines is 1. The summed E-state index contributed by atoms with van der Waals surface area (Å²) in [6, 6.07) is 14.6. The summed E-state index contributed by atoms with van der Waals surface area (Å²) in [6.07, 6.45) is 7.07. The summed E-state index contributed by atoms with van der Waals surface area (Å²) in [5.74, 6) is 1.55. The summed E-state index contributed by atoms with van der Waals surface area (Å²) in [5, 5.41) is 0. The minimum absolute atomic E-state index is 0.262. The van der Waals surface area contributed by atoms with Gasteiger partial charge in [0.25, 0.3) is 0 Å². The van der Waals surface area contributed by atoms with Gasteiger partial charge in [-0.05, 0) is 59.9 Å². The Morgan fingerprint density at radius 2 is 1.86 bits per heavy atom. The molecule has 0 spiro atoms. The first-order valence-corrected chi connectivity index (χ1v) is 13.6. The highest BCUT2D eigenvalue weighted by atomic mass is 32.2.